The summed E-state index contributed by atoms with van der Waals surface area (Å²) in [6.07, 6.45) is -2.26. The van der Waals surface area contributed by atoms with Gasteiger partial charge in [0.05, 0.1) is 23.6 Å². The Labute approximate surface area is 196 Å². The first-order valence-corrected chi connectivity index (χ1v) is 11.0. The first-order valence-electron chi connectivity index (χ1n) is 11.0. The number of hydrogen-bond donors (Lipinski definition) is 5. The largest absolute Gasteiger partial charge is 0.489 e. The molecule has 1 aliphatic carbocycles. The summed E-state index contributed by atoms with van der Waals surface area (Å²) in [7, 11) is 0. The number of pyridine rings is 1. The van der Waals surface area contributed by atoms with Gasteiger partial charge in [-0.25, -0.2) is 5.48 Å². The van der Waals surface area contributed by atoms with Gasteiger partial charge in [0.1, 0.15) is 12.4 Å². The number of benzene rings is 2. The number of aliphatic hydroxyl groups excluding tert-OH is 2. The highest BCUT2D eigenvalue weighted by Gasteiger charge is 2.40. The molecule has 9 nitrogen and oxygen atoms in total. The number of hydrogen-bond acceptors (Lipinski definition) is 7. The standard InChI is InChI=1S/C25H27N3O6/c1-14-10-16(18-4-2-3-5-20(18)26-14)13-34-17-8-6-15(7-9-17)24(31)27-21-12-23(30)22(29)11-19(21)25(32)28-33/h2-10,19,21-23,29-30,33H,11-13H2,1H3,(H,27,31)(H,28,32)/t19-,21-,22?,23?/m1/s1. The van der Waals surface area contributed by atoms with E-state index in [1.807, 2.05) is 37.3 Å². The van der Waals surface area contributed by atoms with Gasteiger partial charge < -0.3 is 20.3 Å². The number of aromatic nitrogens is 1. The number of carbonyl (C=O) groups excluding carboxylic acids is 2. The average molecular weight is 466 g/mol. The van der Waals surface area contributed by atoms with Crippen molar-refractivity contribution in [1.29, 1.82) is 0 Å². The van der Waals surface area contributed by atoms with Gasteiger partial charge in [0.15, 0.2) is 0 Å². The molecule has 1 aliphatic rings. The molecule has 0 spiro atoms. The maximum absolute atomic E-state index is 12.7. The Morgan fingerprint density at radius 2 is 1.76 bits per heavy atom. The van der Waals surface area contributed by atoms with Crippen molar-refractivity contribution in [2.75, 3.05) is 0 Å². The van der Waals surface area contributed by atoms with E-state index in [0.29, 0.717) is 17.9 Å². The molecule has 4 rings (SSSR count). The second-order valence-corrected chi connectivity index (χ2v) is 8.52. The third kappa shape index (κ3) is 5.17. The van der Waals surface area contributed by atoms with Gasteiger partial charge >= 0.3 is 0 Å². The van der Waals surface area contributed by atoms with E-state index in [-0.39, 0.29) is 12.8 Å². The number of amides is 2. The Hall–Kier alpha value is -3.53. The van der Waals surface area contributed by atoms with Crippen LogP contribution >= 0.6 is 0 Å². The molecule has 1 heterocycles. The first kappa shape index (κ1) is 23.6. The number of hydroxylamine groups is 1. The zero-order chi connectivity index (χ0) is 24.2. The van der Waals surface area contributed by atoms with E-state index in [1.54, 1.807) is 29.7 Å². The monoisotopic (exact) mass is 465 g/mol. The summed E-state index contributed by atoms with van der Waals surface area (Å²) in [6.45, 7) is 2.28. The van der Waals surface area contributed by atoms with Crippen LogP contribution in [0.4, 0.5) is 0 Å². The van der Waals surface area contributed by atoms with Crippen LogP contribution in [0.2, 0.25) is 0 Å². The van der Waals surface area contributed by atoms with Crippen molar-refractivity contribution in [3.63, 3.8) is 0 Å². The second kappa shape index (κ2) is 10.2. The molecule has 0 bridgehead atoms. The summed E-state index contributed by atoms with van der Waals surface area (Å²) in [5.74, 6) is -1.44. The Bertz CT molecular complexity index is 1180. The van der Waals surface area contributed by atoms with Crippen molar-refractivity contribution in [1.82, 2.24) is 15.8 Å². The normalized spacial score (nSPS) is 22.2. The van der Waals surface area contributed by atoms with Crippen molar-refractivity contribution in [3.8, 4) is 5.75 Å². The van der Waals surface area contributed by atoms with Gasteiger partial charge in [0.25, 0.3) is 5.91 Å². The number of ether oxygens (including phenoxy) is 1. The molecule has 3 aromatic rings. The molecule has 5 N–H and O–H groups in total. The molecule has 1 aromatic heterocycles. The minimum absolute atomic E-state index is 0.00844. The van der Waals surface area contributed by atoms with E-state index in [2.05, 4.69) is 10.3 Å². The summed E-state index contributed by atoms with van der Waals surface area (Å²) < 4.78 is 5.93. The minimum Gasteiger partial charge on any atom is -0.489 e. The summed E-state index contributed by atoms with van der Waals surface area (Å²) in [5, 5.41) is 32.5. The fraction of sp³-hybridized carbons (Fsp3) is 0.320. The lowest BCUT2D eigenvalue weighted by Crippen LogP contribution is -2.54. The van der Waals surface area contributed by atoms with Gasteiger partial charge in [-0.05, 0) is 56.2 Å². The molecule has 4 atom stereocenters. The molecule has 1 fully saturated rings. The van der Waals surface area contributed by atoms with Crippen LogP contribution < -0.4 is 15.5 Å². The number of carbonyl (C=O) groups is 2. The van der Waals surface area contributed by atoms with Crippen LogP contribution in [0.1, 0.15) is 34.5 Å². The van der Waals surface area contributed by atoms with Crippen LogP contribution in [0.15, 0.2) is 54.6 Å². The second-order valence-electron chi connectivity index (χ2n) is 8.52. The lowest BCUT2D eigenvalue weighted by atomic mass is 9.80. The topological polar surface area (TPSA) is 141 Å². The summed E-state index contributed by atoms with van der Waals surface area (Å²) >= 11 is 0. The van der Waals surface area contributed by atoms with Crippen molar-refractivity contribution in [2.24, 2.45) is 5.92 Å². The predicted molar refractivity (Wildman–Crippen MR) is 123 cm³/mol. The zero-order valence-electron chi connectivity index (χ0n) is 18.6. The van der Waals surface area contributed by atoms with Crippen molar-refractivity contribution < 1.29 is 29.7 Å². The van der Waals surface area contributed by atoms with E-state index >= 15 is 0 Å². The van der Waals surface area contributed by atoms with Crippen molar-refractivity contribution in [3.05, 3.63) is 71.4 Å². The number of aryl methyl sites for hydroxylation is 1. The Balaban J connectivity index is 1.41. The molecule has 2 unspecified atom stereocenters. The van der Waals surface area contributed by atoms with Gasteiger partial charge in [-0.1, -0.05) is 18.2 Å². The van der Waals surface area contributed by atoms with E-state index in [9.17, 15) is 19.8 Å². The third-order valence-electron chi connectivity index (χ3n) is 6.12. The molecular formula is C25H27N3O6. The number of nitrogens with one attached hydrogen (secondary N) is 2. The van der Waals surface area contributed by atoms with E-state index in [1.165, 1.54) is 0 Å². The molecule has 2 amide bonds. The predicted octanol–water partition coefficient (Wildman–Crippen LogP) is 1.86. The molecule has 0 saturated heterocycles. The van der Waals surface area contributed by atoms with E-state index in [0.717, 1.165) is 22.2 Å². The minimum atomic E-state index is -1.10. The fourth-order valence-corrected chi connectivity index (χ4v) is 4.32. The molecule has 1 saturated carbocycles. The smallest absolute Gasteiger partial charge is 0.251 e. The number of aliphatic hydroxyl groups is 2. The van der Waals surface area contributed by atoms with E-state index < -0.39 is 36.0 Å². The van der Waals surface area contributed by atoms with Crippen LogP contribution in [-0.2, 0) is 11.4 Å². The first-order chi connectivity index (χ1) is 16.4. The van der Waals surface area contributed by atoms with Crippen LogP contribution in [0.5, 0.6) is 5.75 Å². The van der Waals surface area contributed by atoms with Crippen molar-refractivity contribution in [2.45, 2.75) is 44.6 Å². The lowest BCUT2D eigenvalue weighted by molar-refractivity contribution is -0.139. The maximum Gasteiger partial charge on any atom is 0.251 e. The zero-order valence-corrected chi connectivity index (χ0v) is 18.6. The van der Waals surface area contributed by atoms with Gasteiger partial charge in [-0.2, -0.15) is 0 Å². The van der Waals surface area contributed by atoms with Crippen LogP contribution in [0.3, 0.4) is 0 Å². The molecule has 2 aromatic carbocycles. The maximum atomic E-state index is 12.7. The number of nitrogens with zero attached hydrogens (tertiary/aromatic N) is 1. The quantitative estimate of drug-likeness (QED) is 0.276. The summed E-state index contributed by atoms with van der Waals surface area (Å²) in [4.78, 5) is 29.2. The third-order valence-corrected chi connectivity index (χ3v) is 6.12. The average Bonchev–Trinajstić information content (AvgIpc) is 2.84. The Kier molecular flexibility index (Phi) is 7.06. The molecular weight excluding hydrogens is 438 g/mol. The van der Waals surface area contributed by atoms with Crippen LogP contribution in [-0.4, -0.2) is 50.5 Å². The fourth-order valence-electron chi connectivity index (χ4n) is 4.32. The van der Waals surface area contributed by atoms with Gasteiger partial charge in [0, 0.05) is 28.2 Å². The Morgan fingerprint density at radius 1 is 1.06 bits per heavy atom. The highest BCUT2D eigenvalue weighted by molar-refractivity contribution is 5.95. The number of rotatable bonds is 6. The van der Waals surface area contributed by atoms with Crippen LogP contribution in [0, 0.1) is 12.8 Å². The van der Waals surface area contributed by atoms with Crippen LogP contribution in [0.25, 0.3) is 10.9 Å². The molecule has 178 valence electrons. The molecule has 0 aliphatic heterocycles. The van der Waals surface area contributed by atoms with Gasteiger partial charge in [-0.15, -0.1) is 0 Å². The van der Waals surface area contributed by atoms with Gasteiger partial charge in [-0.3, -0.25) is 19.8 Å². The molecule has 0 radical (unpaired) electrons. The number of para-hydroxylation sites is 1. The summed E-state index contributed by atoms with van der Waals surface area (Å²) in [6, 6.07) is 15.7. The van der Waals surface area contributed by atoms with Crippen molar-refractivity contribution >= 4 is 22.7 Å². The summed E-state index contributed by atoms with van der Waals surface area (Å²) in [5.41, 5.74) is 4.72. The molecule has 9 heteroatoms. The number of fused-ring (bicyclic) bond motifs is 1. The van der Waals surface area contributed by atoms with Gasteiger partial charge in [0.2, 0.25) is 5.91 Å². The highest BCUT2D eigenvalue weighted by Crippen LogP contribution is 2.26. The Morgan fingerprint density at radius 3 is 2.50 bits per heavy atom. The van der Waals surface area contributed by atoms with E-state index in [4.69, 9.17) is 9.94 Å². The SMILES string of the molecule is Cc1cc(COc2ccc(C(=O)N[C@@H]3CC(O)C(O)C[C@H]3C(=O)NO)cc2)c2ccccc2n1. The lowest BCUT2D eigenvalue weighted by Gasteiger charge is -2.36. The molecule has 34 heavy (non-hydrogen) atoms. The highest BCUT2D eigenvalue weighted by atomic mass is 16.5.